The average molecular weight is 475 g/mol. The molecule has 1 aromatic heterocycles. The fourth-order valence-electron chi connectivity index (χ4n) is 3.07. The van der Waals surface area contributed by atoms with Crippen LogP contribution in [0.1, 0.15) is 49.7 Å². The summed E-state index contributed by atoms with van der Waals surface area (Å²) in [6, 6.07) is 9.43. The van der Waals surface area contributed by atoms with Crippen LogP contribution in [0.2, 0.25) is 0 Å². The van der Waals surface area contributed by atoms with Gasteiger partial charge in [-0.1, -0.05) is 25.1 Å². The molecule has 0 spiro atoms. The second-order valence-corrected chi connectivity index (χ2v) is 7.39. The Labute approximate surface area is 196 Å². The SMILES string of the molecule is CCC(OC(COC(=O)c1ccccc1)n1ccc(=O)[nH]c1=O)[C@H](C)OC(=O)CCC(=O)NC. The number of hydrogen-bond acceptors (Lipinski definition) is 8. The molecular formula is C23H29N3O8. The van der Waals surface area contributed by atoms with Gasteiger partial charge in [0.15, 0.2) is 6.23 Å². The highest BCUT2D eigenvalue weighted by atomic mass is 16.6. The van der Waals surface area contributed by atoms with E-state index in [0.29, 0.717) is 12.0 Å². The molecule has 1 aromatic carbocycles. The zero-order valence-corrected chi connectivity index (χ0v) is 19.3. The molecular weight excluding hydrogens is 446 g/mol. The van der Waals surface area contributed by atoms with Crippen molar-refractivity contribution in [2.45, 2.75) is 51.5 Å². The van der Waals surface area contributed by atoms with Crippen molar-refractivity contribution >= 4 is 17.8 Å². The Kier molecular flexibility index (Phi) is 10.2. The molecule has 0 saturated heterocycles. The minimum absolute atomic E-state index is 0.00939. The number of benzene rings is 1. The van der Waals surface area contributed by atoms with Crippen LogP contribution < -0.4 is 16.6 Å². The lowest BCUT2D eigenvalue weighted by atomic mass is 10.1. The fourth-order valence-corrected chi connectivity index (χ4v) is 3.07. The number of H-pyrrole nitrogens is 1. The summed E-state index contributed by atoms with van der Waals surface area (Å²) in [6.07, 6.45) is -0.993. The van der Waals surface area contributed by atoms with E-state index in [4.69, 9.17) is 14.2 Å². The summed E-state index contributed by atoms with van der Waals surface area (Å²) < 4.78 is 17.8. The number of carbonyl (C=O) groups is 3. The number of carbonyl (C=O) groups excluding carboxylic acids is 3. The van der Waals surface area contributed by atoms with E-state index >= 15 is 0 Å². The molecule has 3 atom stereocenters. The second kappa shape index (κ2) is 13.1. The maximum atomic E-state index is 12.4. The molecule has 0 bridgehead atoms. The molecule has 1 amide bonds. The van der Waals surface area contributed by atoms with Gasteiger partial charge in [-0.3, -0.25) is 23.9 Å². The first kappa shape index (κ1) is 26.5. The van der Waals surface area contributed by atoms with E-state index in [0.717, 1.165) is 10.6 Å². The maximum absolute atomic E-state index is 12.4. The van der Waals surface area contributed by atoms with E-state index < -0.39 is 41.6 Å². The van der Waals surface area contributed by atoms with Crippen LogP contribution in [-0.2, 0) is 23.8 Å². The van der Waals surface area contributed by atoms with Crippen molar-refractivity contribution in [2.24, 2.45) is 0 Å². The minimum atomic E-state index is -1.10. The predicted octanol–water partition coefficient (Wildman–Crippen LogP) is 1.15. The molecule has 11 nitrogen and oxygen atoms in total. The van der Waals surface area contributed by atoms with Gasteiger partial charge in [-0.05, 0) is 25.5 Å². The first-order valence-corrected chi connectivity index (χ1v) is 10.8. The first-order valence-electron chi connectivity index (χ1n) is 10.8. The van der Waals surface area contributed by atoms with E-state index in [1.165, 1.54) is 13.2 Å². The summed E-state index contributed by atoms with van der Waals surface area (Å²) in [6.45, 7) is 3.07. The Morgan fingerprint density at radius 2 is 1.79 bits per heavy atom. The lowest BCUT2D eigenvalue weighted by Gasteiger charge is -2.29. The molecule has 11 heteroatoms. The maximum Gasteiger partial charge on any atom is 0.338 e. The molecule has 2 unspecified atom stereocenters. The topological polar surface area (TPSA) is 146 Å². The molecule has 0 fully saturated rings. The number of aromatic nitrogens is 2. The van der Waals surface area contributed by atoms with Gasteiger partial charge in [-0.2, -0.15) is 0 Å². The average Bonchev–Trinajstić information content (AvgIpc) is 2.83. The van der Waals surface area contributed by atoms with Crippen molar-refractivity contribution in [1.29, 1.82) is 0 Å². The summed E-state index contributed by atoms with van der Waals surface area (Å²) >= 11 is 0. The first-order chi connectivity index (χ1) is 16.2. The summed E-state index contributed by atoms with van der Waals surface area (Å²) in [5.41, 5.74) is -1.02. The molecule has 0 saturated carbocycles. The number of esters is 2. The van der Waals surface area contributed by atoms with Gasteiger partial charge >= 0.3 is 17.6 Å². The summed E-state index contributed by atoms with van der Waals surface area (Å²) in [7, 11) is 1.47. The molecule has 2 N–H and O–H groups in total. The van der Waals surface area contributed by atoms with Gasteiger partial charge in [-0.15, -0.1) is 0 Å². The lowest BCUT2D eigenvalue weighted by Crippen LogP contribution is -2.39. The molecule has 1 heterocycles. The van der Waals surface area contributed by atoms with Crippen LogP contribution in [0.25, 0.3) is 0 Å². The van der Waals surface area contributed by atoms with E-state index in [9.17, 15) is 24.0 Å². The molecule has 184 valence electrons. The number of ether oxygens (including phenoxy) is 3. The minimum Gasteiger partial charge on any atom is -0.460 e. The largest absolute Gasteiger partial charge is 0.460 e. The van der Waals surface area contributed by atoms with Crippen molar-refractivity contribution in [3.63, 3.8) is 0 Å². The number of aromatic amines is 1. The van der Waals surface area contributed by atoms with Crippen LogP contribution in [0, 0.1) is 0 Å². The van der Waals surface area contributed by atoms with Gasteiger partial charge in [-0.25, -0.2) is 9.59 Å². The van der Waals surface area contributed by atoms with Crippen molar-refractivity contribution in [3.05, 3.63) is 69.0 Å². The zero-order valence-electron chi connectivity index (χ0n) is 19.3. The van der Waals surface area contributed by atoms with Crippen LogP contribution in [-0.4, -0.2) is 53.3 Å². The molecule has 0 aliphatic heterocycles. The van der Waals surface area contributed by atoms with E-state index in [-0.39, 0.29) is 25.4 Å². The molecule has 0 aliphatic rings. The second-order valence-electron chi connectivity index (χ2n) is 7.39. The molecule has 2 aromatic rings. The third kappa shape index (κ3) is 8.00. The standard InChI is InChI=1S/C23H29N3O8/c1-4-17(15(2)33-21(29)11-10-18(27)24-3)34-20(26-13-12-19(28)25-23(26)31)14-32-22(30)16-8-6-5-7-9-16/h5-9,12-13,15,17,20H,4,10-11,14H2,1-3H3,(H,24,27)(H,25,28,31)/t15-,17?,20?/m0/s1. The number of nitrogens with one attached hydrogen (secondary N) is 2. The Morgan fingerprint density at radius 3 is 2.41 bits per heavy atom. The number of hydrogen-bond donors (Lipinski definition) is 2. The molecule has 2 rings (SSSR count). The Balaban J connectivity index is 2.14. The van der Waals surface area contributed by atoms with Crippen LogP contribution in [0.5, 0.6) is 0 Å². The summed E-state index contributed by atoms with van der Waals surface area (Å²) in [5.74, 6) is -1.48. The van der Waals surface area contributed by atoms with Crippen LogP contribution in [0.3, 0.4) is 0 Å². The van der Waals surface area contributed by atoms with Crippen molar-refractivity contribution in [2.75, 3.05) is 13.7 Å². The van der Waals surface area contributed by atoms with Gasteiger partial charge in [0.2, 0.25) is 5.91 Å². The molecule has 34 heavy (non-hydrogen) atoms. The van der Waals surface area contributed by atoms with Crippen LogP contribution in [0.4, 0.5) is 0 Å². The van der Waals surface area contributed by atoms with Crippen molar-refractivity contribution < 1.29 is 28.6 Å². The van der Waals surface area contributed by atoms with E-state index in [1.54, 1.807) is 44.2 Å². The highest BCUT2D eigenvalue weighted by Crippen LogP contribution is 2.18. The number of amides is 1. The predicted molar refractivity (Wildman–Crippen MR) is 121 cm³/mol. The molecule has 0 aliphatic carbocycles. The lowest BCUT2D eigenvalue weighted by molar-refractivity contribution is -0.167. The normalized spacial score (nSPS) is 13.4. The van der Waals surface area contributed by atoms with E-state index in [2.05, 4.69) is 10.3 Å². The Bertz CT molecular complexity index is 1080. The zero-order chi connectivity index (χ0) is 25.1. The van der Waals surface area contributed by atoms with Gasteiger partial charge in [0.1, 0.15) is 12.7 Å². The monoisotopic (exact) mass is 475 g/mol. The Hall–Kier alpha value is -3.73. The van der Waals surface area contributed by atoms with Crippen LogP contribution >= 0.6 is 0 Å². The third-order valence-electron chi connectivity index (χ3n) is 4.94. The number of nitrogens with zero attached hydrogens (tertiary/aromatic N) is 1. The van der Waals surface area contributed by atoms with Crippen molar-refractivity contribution in [3.8, 4) is 0 Å². The molecule has 0 radical (unpaired) electrons. The fraction of sp³-hybridized carbons (Fsp3) is 0.435. The van der Waals surface area contributed by atoms with Gasteiger partial charge < -0.3 is 19.5 Å². The van der Waals surface area contributed by atoms with Gasteiger partial charge in [0, 0.05) is 25.7 Å². The van der Waals surface area contributed by atoms with Crippen molar-refractivity contribution in [1.82, 2.24) is 14.9 Å². The number of rotatable bonds is 12. The van der Waals surface area contributed by atoms with E-state index in [1.807, 2.05) is 0 Å². The quantitative estimate of drug-likeness (QED) is 0.435. The summed E-state index contributed by atoms with van der Waals surface area (Å²) in [4.78, 5) is 61.8. The highest BCUT2D eigenvalue weighted by Gasteiger charge is 2.27. The summed E-state index contributed by atoms with van der Waals surface area (Å²) in [5, 5.41) is 2.43. The smallest absolute Gasteiger partial charge is 0.338 e. The van der Waals surface area contributed by atoms with Crippen LogP contribution in [0.15, 0.2) is 52.2 Å². The van der Waals surface area contributed by atoms with Gasteiger partial charge in [0.25, 0.3) is 5.56 Å². The highest BCUT2D eigenvalue weighted by molar-refractivity contribution is 5.89. The van der Waals surface area contributed by atoms with Gasteiger partial charge in [0.05, 0.1) is 18.1 Å². The third-order valence-corrected chi connectivity index (χ3v) is 4.94. The Morgan fingerprint density at radius 1 is 1.09 bits per heavy atom.